The van der Waals surface area contributed by atoms with Gasteiger partial charge in [0, 0.05) is 22.3 Å². The lowest BCUT2D eigenvalue weighted by Gasteiger charge is -2.33. The molecule has 16 rings (SSSR count). The lowest BCUT2D eigenvalue weighted by atomic mass is 9.70. The van der Waals surface area contributed by atoms with Crippen LogP contribution in [0.5, 0.6) is 0 Å². The van der Waals surface area contributed by atoms with Gasteiger partial charge in [0.05, 0.1) is 11.1 Å². The second-order valence-electron chi connectivity index (χ2n) is 21.8. The highest BCUT2D eigenvalue weighted by molar-refractivity contribution is 6.22. The van der Waals surface area contributed by atoms with Crippen LogP contribution in [0.15, 0.2) is 322 Å². The molecule has 14 aromatic rings. The smallest absolute Gasteiger partial charge is 0.0726 e. The molecule has 2 aliphatic rings. The Hall–Kier alpha value is -10.6. The SMILES string of the molecule is c1ccc(-c2cccc(-c3ccc(-c4ccc(N(c5ccc6c(c5)C5(c7ccccc7-c7ccccc75)c5ccccc5-6)c5c(-c6cccc(-c7ccccc7-c7ccccc7)c6)c6ccccc6c6ccccc56)cc4)cc3)c2)cc1. The maximum absolute atomic E-state index is 2.57. The first-order valence-electron chi connectivity index (χ1n) is 28.5. The van der Waals surface area contributed by atoms with Gasteiger partial charge in [-0.15, -0.1) is 0 Å². The van der Waals surface area contributed by atoms with Crippen molar-refractivity contribution in [3.8, 4) is 89.0 Å². The van der Waals surface area contributed by atoms with Crippen LogP contribution in [0.25, 0.3) is 111 Å². The summed E-state index contributed by atoms with van der Waals surface area (Å²) in [5, 5.41) is 4.81. The van der Waals surface area contributed by atoms with E-state index in [0.717, 1.165) is 28.2 Å². The van der Waals surface area contributed by atoms with E-state index in [1.807, 2.05) is 0 Å². The summed E-state index contributed by atoms with van der Waals surface area (Å²) in [6, 6.07) is 119. The molecule has 2 aliphatic carbocycles. The molecule has 82 heavy (non-hydrogen) atoms. The molecule has 0 amide bonds. The van der Waals surface area contributed by atoms with Crippen molar-refractivity contribution in [3.05, 3.63) is 344 Å². The minimum Gasteiger partial charge on any atom is -0.309 e. The molecule has 0 fully saturated rings. The highest BCUT2D eigenvalue weighted by atomic mass is 15.1. The monoisotopic (exact) mass is 1040 g/mol. The van der Waals surface area contributed by atoms with Gasteiger partial charge in [-0.05, 0) is 158 Å². The van der Waals surface area contributed by atoms with Gasteiger partial charge in [-0.25, -0.2) is 0 Å². The van der Waals surface area contributed by atoms with E-state index in [4.69, 9.17) is 0 Å². The van der Waals surface area contributed by atoms with Crippen molar-refractivity contribution in [3.63, 3.8) is 0 Å². The largest absolute Gasteiger partial charge is 0.309 e. The molecule has 0 unspecified atom stereocenters. The predicted molar refractivity (Wildman–Crippen MR) is 345 cm³/mol. The summed E-state index contributed by atoms with van der Waals surface area (Å²) >= 11 is 0. The van der Waals surface area contributed by atoms with Crippen molar-refractivity contribution in [2.75, 3.05) is 4.90 Å². The fourth-order valence-corrected chi connectivity index (χ4v) is 13.9. The zero-order valence-electron chi connectivity index (χ0n) is 45.0. The van der Waals surface area contributed by atoms with E-state index < -0.39 is 5.41 Å². The van der Waals surface area contributed by atoms with E-state index in [1.54, 1.807) is 0 Å². The molecule has 0 bridgehead atoms. The molecule has 0 atom stereocenters. The predicted octanol–water partition coefficient (Wildman–Crippen LogP) is 21.8. The normalized spacial score (nSPS) is 12.5. The first kappa shape index (κ1) is 47.4. The number of nitrogens with zero attached hydrogens (tertiary/aromatic N) is 1. The third kappa shape index (κ3) is 7.48. The molecule has 0 saturated carbocycles. The summed E-state index contributed by atoms with van der Waals surface area (Å²) in [6.07, 6.45) is 0. The van der Waals surface area contributed by atoms with Crippen molar-refractivity contribution in [2.45, 2.75) is 5.41 Å². The molecule has 14 aromatic carbocycles. The Morgan fingerprint density at radius 2 is 0.561 bits per heavy atom. The second kappa shape index (κ2) is 19.3. The fraction of sp³-hybridized carbons (Fsp3) is 0.0123. The first-order valence-corrected chi connectivity index (χ1v) is 28.5. The summed E-state index contributed by atoms with van der Waals surface area (Å²) in [7, 11) is 0. The zero-order valence-corrected chi connectivity index (χ0v) is 45.0. The van der Waals surface area contributed by atoms with Crippen LogP contribution in [0.1, 0.15) is 22.3 Å². The van der Waals surface area contributed by atoms with E-state index >= 15 is 0 Å². The molecule has 0 aromatic heterocycles. The van der Waals surface area contributed by atoms with E-state index in [-0.39, 0.29) is 0 Å². The standard InChI is InChI=1S/C81H53N/c1-3-21-54(22-4-1)59-25-19-26-60(51-59)57-43-41-55(42-44-57)56-45-47-63(48-46-56)82(64-49-50-72-71-35-15-18-40-77(71)81(78(72)53-64)75-38-16-13-33-69(75)70-34-14-17-39-76(70)81)80-74-37-12-10-32-68(74)67-31-9-11-36-73(67)79(80)62-28-20-27-61(52-62)66-30-8-7-29-65(66)58-23-5-2-6-24-58/h1-53H. The van der Waals surface area contributed by atoms with Gasteiger partial charge in [0.15, 0.2) is 0 Å². The summed E-state index contributed by atoms with van der Waals surface area (Å²) in [6.45, 7) is 0. The van der Waals surface area contributed by atoms with Crippen LogP contribution in [-0.4, -0.2) is 0 Å². The Morgan fingerprint density at radius 1 is 0.195 bits per heavy atom. The molecule has 1 nitrogen and oxygen atoms in total. The highest BCUT2D eigenvalue weighted by Crippen LogP contribution is 2.64. The number of fused-ring (bicyclic) bond motifs is 13. The van der Waals surface area contributed by atoms with E-state index in [1.165, 1.54) is 122 Å². The highest BCUT2D eigenvalue weighted by Gasteiger charge is 2.51. The number of anilines is 3. The average Bonchev–Trinajstić information content (AvgIpc) is 3.29. The Kier molecular flexibility index (Phi) is 11.2. The van der Waals surface area contributed by atoms with E-state index in [0.29, 0.717) is 0 Å². The van der Waals surface area contributed by atoms with Crippen LogP contribution in [0.4, 0.5) is 17.1 Å². The third-order valence-corrected chi connectivity index (χ3v) is 17.5. The third-order valence-electron chi connectivity index (χ3n) is 17.5. The van der Waals surface area contributed by atoms with Gasteiger partial charge in [-0.3, -0.25) is 0 Å². The minimum atomic E-state index is -0.519. The van der Waals surface area contributed by atoms with Crippen LogP contribution in [0.3, 0.4) is 0 Å². The maximum atomic E-state index is 2.57. The second-order valence-corrected chi connectivity index (χ2v) is 21.8. The van der Waals surface area contributed by atoms with E-state index in [2.05, 4.69) is 326 Å². The van der Waals surface area contributed by atoms with Crippen molar-refractivity contribution in [2.24, 2.45) is 0 Å². The Bertz CT molecular complexity index is 4720. The van der Waals surface area contributed by atoms with Crippen molar-refractivity contribution < 1.29 is 0 Å². The summed E-state index contributed by atoms with van der Waals surface area (Å²) in [5.74, 6) is 0. The topological polar surface area (TPSA) is 3.24 Å². The fourth-order valence-electron chi connectivity index (χ4n) is 13.9. The molecular weight excluding hydrogens is 987 g/mol. The number of hydrogen-bond acceptors (Lipinski definition) is 1. The Morgan fingerprint density at radius 3 is 1.15 bits per heavy atom. The van der Waals surface area contributed by atoms with Gasteiger partial charge >= 0.3 is 0 Å². The lowest BCUT2D eigenvalue weighted by molar-refractivity contribution is 0.793. The number of hydrogen-bond donors (Lipinski definition) is 0. The van der Waals surface area contributed by atoms with Crippen molar-refractivity contribution in [1.82, 2.24) is 0 Å². The molecule has 0 heterocycles. The molecule has 1 spiro atoms. The van der Waals surface area contributed by atoms with Gasteiger partial charge in [0.2, 0.25) is 0 Å². The number of benzene rings is 14. The Balaban J connectivity index is 0.922. The summed E-state index contributed by atoms with van der Waals surface area (Å²) in [5.41, 5.74) is 27.5. The molecule has 382 valence electrons. The average molecular weight is 1040 g/mol. The van der Waals surface area contributed by atoms with Crippen LogP contribution in [0, 0.1) is 0 Å². The number of rotatable bonds is 9. The van der Waals surface area contributed by atoms with Gasteiger partial charge in [-0.1, -0.05) is 285 Å². The molecular formula is C81H53N. The van der Waals surface area contributed by atoms with Crippen LogP contribution in [-0.2, 0) is 5.41 Å². The lowest BCUT2D eigenvalue weighted by Crippen LogP contribution is -2.26. The first-order chi connectivity index (χ1) is 40.7. The van der Waals surface area contributed by atoms with Crippen LogP contribution < -0.4 is 4.90 Å². The van der Waals surface area contributed by atoms with Crippen molar-refractivity contribution >= 4 is 38.6 Å². The minimum absolute atomic E-state index is 0.519. The zero-order chi connectivity index (χ0) is 54.1. The van der Waals surface area contributed by atoms with Crippen LogP contribution >= 0.6 is 0 Å². The summed E-state index contributed by atoms with van der Waals surface area (Å²) in [4.78, 5) is 2.57. The van der Waals surface area contributed by atoms with E-state index in [9.17, 15) is 0 Å². The summed E-state index contributed by atoms with van der Waals surface area (Å²) < 4.78 is 0. The van der Waals surface area contributed by atoms with Gasteiger partial charge in [0.1, 0.15) is 0 Å². The molecule has 0 saturated heterocycles. The van der Waals surface area contributed by atoms with Gasteiger partial charge in [0.25, 0.3) is 0 Å². The van der Waals surface area contributed by atoms with Gasteiger partial charge in [-0.2, -0.15) is 0 Å². The molecule has 0 aliphatic heterocycles. The molecule has 1 heteroatoms. The van der Waals surface area contributed by atoms with Gasteiger partial charge < -0.3 is 4.90 Å². The quantitative estimate of drug-likeness (QED) is 0.130. The van der Waals surface area contributed by atoms with Crippen LogP contribution in [0.2, 0.25) is 0 Å². The Labute approximate surface area is 479 Å². The molecule has 0 radical (unpaired) electrons. The maximum Gasteiger partial charge on any atom is 0.0726 e. The molecule has 0 N–H and O–H groups in total. The van der Waals surface area contributed by atoms with Crippen molar-refractivity contribution in [1.29, 1.82) is 0 Å².